The second kappa shape index (κ2) is 10.9. The molecule has 0 aromatic heterocycles. The molecule has 0 amide bonds. The summed E-state index contributed by atoms with van der Waals surface area (Å²) in [4.78, 5) is 1.08. The van der Waals surface area contributed by atoms with Crippen molar-refractivity contribution in [2.75, 3.05) is 31.1 Å². The van der Waals surface area contributed by atoms with E-state index in [1.54, 1.807) is 0 Å². The summed E-state index contributed by atoms with van der Waals surface area (Å²) in [5.74, 6) is 0. The molecule has 8 nitrogen and oxygen atoms in total. The highest BCUT2D eigenvalue weighted by molar-refractivity contribution is 7.86. The zero-order chi connectivity index (χ0) is 29.6. The van der Waals surface area contributed by atoms with Gasteiger partial charge >= 0.3 is 0 Å². The van der Waals surface area contributed by atoms with Crippen LogP contribution in [0.25, 0.3) is 5.57 Å². The average molecular weight is 602 g/mol. The van der Waals surface area contributed by atoms with E-state index in [2.05, 4.69) is 62.4 Å². The number of allylic oxidation sites excluding steroid dienone is 5. The van der Waals surface area contributed by atoms with Gasteiger partial charge in [-0.15, -0.1) is 0 Å². The van der Waals surface area contributed by atoms with Crippen LogP contribution in [0.4, 0.5) is 5.69 Å². The summed E-state index contributed by atoms with van der Waals surface area (Å²) in [6.07, 6.45) is 6.21. The minimum Gasteiger partial charge on any atom is -0.372 e. The van der Waals surface area contributed by atoms with Crippen LogP contribution < -0.4 is 10.1 Å². The predicted molar refractivity (Wildman–Crippen MR) is 163 cm³/mol. The Bertz CT molecular complexity index is 1710. The molecule has 11 heteroatoms. The van der Waals surface area contributed by atoms with Gasteiger partial charge in [-0.2, -0.15) is 40.3 Å². The van der Waals surface area contributed by atoms with Crippen molar-refractivity contribution >= 4 is 50.5 Å². The first-order valence-electron chi connectivity index (χ1n) is 13.4. The summed E-state index contributed by atoms with van der Waals surface area (Å²) >= 11 is 0. The molecule has 0 bridgehead atoms. The molecule has 0 radical (unpaired) electrons. The Morgan fingerprint density at radius 2 is 1.45 bits per heavy atom. The third kappa shape index (κ3) is 5.28. The minimum absolute atomic E-state index is 0.174. The molecule has 1 aliphatic heterocycles. The van der Waals surface area contributed by atoms with E-state index >= 15 is 0 Å². The molecular formula is C29H37N2O6S2Si. The second-order valence-electron chi connectivity index (χ2n) is 10.4. The fraction of sp³-hybridized carbons (Fsp3) is 0.345. The molecule has 4 rings (SSSR count). The molecule has 40 heavy (non-hydrogen) atoms. The maximum absolute atomic E-state index is 12.6. The molecule has 2 aromatic carbocycles. The van der Waals surface area contributed by atoms with Crippen molar-refractivity contribution in [2.24, 2.45) is 0 Å². The highest BCUT2D eigenvalue weighted by atomic mass is 32.2. The quantitative estimate of drug-likeness (QED) is 0.264. The lowest BCUT2D eigenvalue weighted by atomic mass is 9.89. The van der Waals surface area contributed by atoms with Crippen LogP contribution in [-0.2, 0) is 20.2 Å². The molecule has 2 aliphatic rings. The van der Waals surface area contributed by atoms with Gasteiger partial charge in [-0.1, -0.05) is 32.3 Å². The number of hydrogen-bond donors (Lipinski definition) is 2. The number of benzene rings is 2. The van der Waals surface area contributed by atoms with Gasteiger partial charge in [0, 0.05) is 30.4 Å². The first kappa shape index (κ1) is 30.1. The molecule has 1 heterocycles. The van der Waals surface area contributed by atoms with Gasteiger partial charge < -0.3 is 4.90 Å². The van der Waals surface area contributed by atoms with Gasteiger partial charge in [0.05, 0.1) is 4.90 Å². The van der Waals surface area contributed by atoms with Gasteiger partial charge in [-0.3, -0.25) is 9.11 Å². The van der Waals surface area contributed by atoms with Crippen LogP contribution in [0.1, 0.15) is 38.8 Å². The molecule has 215 valence electrons. The fourth-order valence-electron chi connectivity index (χ4n) is 5.77. The topological polar surface area (TPSA) is 115 Å². The van der Waals surface area contributed by atoms with Gasteiger partial charge in [0.2, 0.25) is 0 Å². The summed E-state index contributed by atoms with van der Waals surface area (Å²) in [6.45, 7) is 16.3. The van der Waals surface area contributed by atoms with Crippen molar-refractivity contribution in [3.63, 3.8) is 0 Å². The Morgan fingerprint density at radius 3 is 2.00 bits per heavy atom. The third-order valence-corrected chi connectivity index (χ3v) is 13.2. The van der Waals surface area contributed by atoms with Crippen molar-refractivity contribution in [1.29, 1.82) is 0 Å². The third-order valence-electron chi connectivity index (χ3n) is 7.95. The first-order valence-corrected chi connectivity index (χ1v) is 19.3. The first-order chi connectivity index (χ1) is 18.7. The van der Waals surface area contributed by atoms with Crippen LogP contribution in [0.5, 0.6) is 0 Å². The van der Waals surface area contributed by atoms with Crippen molar-refractivity contribution in [3.8, 4) is 0 Å². The number of nitrogens with zero attached hydrogens (tertiary/aromatic N) is 2. The van der Waals surface area contributed by atoms with E-state index in [1.807, 2.05) is 24.3 Å². The van der Waals surface area contributed by atoms with Crippen LogP contribution >= 0.6 is 0 Å². The molecular weight excluding hydrogens is 565 g/mol. The predicted octanol–water partition coefficient (Wildman–Crippen LogP) is 4.29. The van der Waals surface area contributed by atoms with Gasteiger partial charge in [-0.05, 0) is 68.7 Å². The van der Waals surface area contributed by atoms with Gasteiger partial charge in [0.15, 0.2) is 5.71 Å². The Morgan fingerprint density at radius 1 is 0.825 bits per heavy atom. The minimum atomic E-state index is -4.86. The number of fused-ring (bicyclic) bond motifs is 2. The van der Waals surface area contributed by atoms with Gasteiger partial charge in [0.25, 0.3) is 20.2 Å². The lowest BCUT2D eigenvalue weighted by molar-refractivity contribution is -0.519. The van der Waals surface area contributed by atoms with Crippen LogP contribution in [0.3, 0.4) is 0 Å². The molecule has 0 fully saturated rings. The lowest BCUT2D eigenvalue weighted by Crippen LogP contribution is -2.50. The van der Waals surface area contributed by atoms with E-state index in [9.17, 15) is 25.9 Å². The maximum Gasteiger partial charge on any atom is 0.295 e. The summed E-state index contributed by atoms with van der Waals surface area (Å²) in [5.41, 5.74) is 4.62. The zero-order valence-electron chi connectivity index (χ0n) is 23.8. The SMILES string of the molecule is CCN(CC)c1ccc2c(c1)[Si-](C)(C)C1=CC(=[N+](CC)CC)C=CC1=C2c1ccc(S(=O)(=O)O)cc1S(=O)(=O)O. The Labute approximate surface area is 238 Å². The highest BCUT2D eigenvalue weighted by Crippen LogP contribution is 2.43. The Hall–Kier alpha value is -2.83. The molecule has 0 unspecified atom stereocenters. The summed E-state index contributed by atoms with van der Waals surface area (Å²) in [6, 6.07) is 9.55. The van der Waals surface area contributed by atoms with Crippen LogP contribution in [0.15, 0.2) is 75.2 Å². The Balaban J connectivity index is 2.16. The molecule has 0 saturated heterocycles. The smallest absolute Gasteiger partial charge is 0.295 e. The van der Waals surface area contributed by atoms with Crippen molar-refractivity contribution in [1.82, 2.24) is 0 Å². The normalized spacial score (nSPS) is 16.4. The number of hydrogen-bond acceptors (Lipinski definition) is 5. The van der Waals surface area contributed by atoms with E-state index in [4.69, 9.17) is 0 Å². The Kier molecular flexibility index (Phi) is 8.18. The van der Waals surface area contributed by atoms with Crippen molar-refractivity contribution in [2.45, 2.75) is 50.6 Å². The van der Waals surface area contributed by atoms with Crippen LogP contribution in [-0.4, -0.2) is 70.5 Å². The average Bonchev–Trinajstić information content (AvgIpc) is 2.89. The van der Waals surface area contributed by atoms with E-state index in [0.29, 0.717) is 5.57 Å². The van der Waals surface area contributed by atoms with E-state index < -0.39 is 38.1 Å². The highest BCUT2D eigenvalue weighted by Gasteiger charge is 2.34. The van der Waals surface area contributed by atoms with E-state index in [-0.39, 0.29) is 5.56 Å². The summed E-state index contributed by atoms with van der Waals surface area (Å²) in [7, 11) is -11.9. The van der Waals surface area contributed by atoms with Crippen molar-refractivity contribution in [3.05, 3.63) is 76.5 Å². The van der Waals surface area contributed by atoms with Crippen molar-refractivity contribution < 1.29 is 30.5 Å². The molecule has 2 aromatic rings. The fourth-order valence-corrected chi connectivity index (χ4v) is 10.1. The molecule has 0 spiro atoms. The molecule has 0 atom stereocenters. The van der Waals surface area contributed by atoms with Crippen LogP contribution in [0.2, 0.25) is 13.1 Å². The molecule has 1 aliphatic carbocycles. The lowest BCUT2D eigenvalue weighted by Gasteiger charge is -2.47. The van der Waals surface area contributed by atoms with Gasteiger partial charge in [0.1, 0.15) is 18.0 Å². The molecule has 2 N–H and O–H groups in total. The van der Waals surface area contributed by atoms with Gasteiger partial charge in [-0.25, -0.2) is 4.58 Å². The number of rotatable bonds is 8. The van der Waals surface area contributed by atoms with E-state index in [0.717, 1.165) is 71.2 Å². The number of anilines is 1. The monoisotopic (exact) mass is 601 g/mol. The summed E-state index contributed by atoms with van der Waals surface area (Å²) < 4.78 is 71.1. The summed E-state index contributed by atoms with van der Waals surface area (Å²) in [5, 5.41) is 2.24. The maximum atomic E-state index is 12.6. The zero-order valence-corrected chi connectivity index (χ0v) is 26.4. The molecule has 0 saturated carbocycles. The van der Waals surface area contributed by atoms with Crippen LogP contribution in [0, 0.1) is 0 Å². The second-order valence-corrected chi connectivity index (χ2v) is 17.6. The van der Waals surface area contributed by atoms with E-state index in [1.165, 1.54) is 6.07 Å². The largest absolute Gasteiger partial charge is 0.372 e. The standard InChI is InChI=1S/C29H36N2O6S2Si/c1-7-30(8-2)20-11-14-24-27(17-20)40(5,6)28-18-21(31(9-3)10-4)12-15-25(28)29(24)23-16-13-22(38(32,33)34)19-26(23)39(35,36)37/h11-19H,7-10H2,1-6H3,(H-,32,33,34,35,36,37)/q-1/p+1.